The quantitative estimate of drug-likeness (QED) is 0.596. The predicted molar refractivity (Wildman–Crippen MR) is 97.6 cm³/mol. The molecule has 0 aliphatic rings. The van der Waals surface area contributed by atoms with Crippen LogP contribution in [0.3, 0.4) is 0 Å². The monoisotopic (exact) mass is 381 g/mol. The van der Waals surface area contributed by atoms with Crippen molar-refractivity contribution in [1.82, 2.24) is 0 Å². The number of anilines is 1. The van der Waals surface area contributed by atoms with Gasteiger partial charge in [0.15, 0.2) is 6.61 Å². The second kappa shape index (κ2) is 8.87. The number of hydrogen-bond donors (Lipinski definition) is 1. The number of carbonyl (C=O) groups excluding carboxylic acids is 2. The first kappa shape index (κ1) is 19.3. The van der Waals surface area contributed by atoms with Gasteiger partial charge in [0, 0.05) is 10.6 Å². The molecule has 0 unspecified atom stereocenters. The van der Waals surface area contributed by atoms with Crippen LogP contribution in [0.25, 0.3) is 0 Å². The first-order valence-electron chi connectivity index (χ1n) is 7.45. The fraction of sp³-hybridized carbons (Fsp3) is 0.222. The Labute approximate surface area is 154 Å². The number of nitrogens with one attached hydrogen (secondary N) is 1. The summed E-state index contributed by atoms with van der Waals surface area (Å²) in [5.41, 5.74) is 2.57. The molecule has 0 spiro atoms. The molecule has 2 rings (SSSR count). The summed E-state index contributed by atoms with van der Waals surface area (Å²) in [5.74, 6) is -1.47. The maximum absolute atomic E-state index is 13.0. The Hall–Kier alpha value is -2.05. The lowest BCUT2D eigenvalue weighted by Gasteiger charge is -2.08. The number of esters is 1. The fourth-order valence-corrected chi connectivity index (χ4v) is 3.04. The van der Waals surface area contributed by atoms with Gasteiger partial charge in [-0.05, 0) is 43.7 Å². The minimum absolute atomic E-state index is 0.0975. The van der Waals surface area contributed by atoms with E-state index in [4.69, 9.17) is 16.3 Å². The molecular formula is C18H17ClFNO3S. The van der Waals surface area contributed by atoms with Crippen LogP contribution in [0.4, 0.5) is 10.1 Å². The van der Waals surface area contributed by atoms with Crippen LogP contribution in [-0.2, 0) is 14.3 Å². The summed E-state index contributed by atoms with van der Waals surface area (Å²) in [4.78, 5) is 24.5. The van der Waals surface area contributed by atoms with Crippen molar-refractivity contribution in [3.8, 4) is 0 Å². The molecule has 0 aliphatic heterocycles. The van der Waals surface area contributed by atoms with E-state index in [1.54, 1.807) is 0 Å². The number of halogens is 2. The van der Waals surface area contributed by atoms with E-state index in [0.29, 0.717) is 5.69 Å². The largest absolute Gasteiger partial charge is 0.455 e. The zero-order valence-electron chi connectivity index (χ0n) is 13.8. The van der Waals surface area contributed by atoms with Gasteiger partial charge in [-0.25, -0.2) is 4.39 Å². The van der Waals surface area contributed by atoms with E-state index in [9.17, 15) is 14.0 Å². The number of aryl methyl sites for hydroxylation is 2. The fourth-order valence-electron chi connectivity index (χ4n) is 2.06. The number of ether oxygens (including phenoxy) is 1. The van der Waals surface area contributed by atoms with Gasteiger partial charge in [-0.3, -0.25) is 9.59 Å². The molecule has 2 aromatic carbocycles. The van der Waals surface area contributed by atoms with Crippen molar-refractivity contribution < 1.29 is 18.7 Å². The van der Waals surface area contributed by atoms with E-state index in [1.165, 1.54) is 23.9 Å². The molecule has 0 aliphatic carbocycles. The van der Waals surface area contributed by atoms with Gasteiger partial charge >= 0.3 is 5.97 Å². The van der Waals surface area contributed by atoms with Gasteiger partial charge in [-0.15, -0.1) is 11.8 Å². The normalized spacial score (nSPS) is 10.4. The summed E-state index contributed by atoms with van der Waals surface area (Å²) >= 11 is 6.99. The molecule has 0 aromatic heterocycles. The minimum Gasteiger partial charge on any atom is -0.455 e. The maximum Gasteiger partial charge on any atom is 0.316 e. The van der Waals surface area contributed by atoms with Crippen LogP contribution in [0.5, 0.6) is 0 Å². The molecule has 1 amide bonds. The van der Waals surface area contributed by atoms with Gasteiger partial charge in [0.05, 0.1) is 10.8 Å². The van der Waals surface area contributed by atoms with Crippen LogP contribution in [-0.4, -0.2) is 24.2 Å². The molecular weight excluding hydrogens is 365 g/mol. The highest BCUT2D eigenvalue weighted by molar-refractivity contribution is 8.00. The smallest absolute Gasteiger partial charge is 0.316 e. The third kappa shape index (κ3) is 6.07. The lowest BCUT2D eigenvalue weighted by Crippen LogP contribution is -2.21. The first-order valence-corrected chi connectivity index (χ1v) is 8.82. The summed E-state index contributed by atoms with van der Waals surface area (Å²) in [6, 6.07) is 9.76. The SMILES string of the molecule is Cc1ccc(SCC(=O)OCC(=O)Nc2ccc(F)c(Cl)c2)c(C)c1. The Morgan fingerprint density at radius 2 is 1.96 bits per heavy atom. The topological polar surface area (TPSA) is 55.4 Å². The van der Waals surface area contributed by atoms with E-state index in [2.05, 4.69) is 5.32 Å². The summed E-state index contributed by atoms with van der Waals surface area (Å²) in [7, 11) is 0. The van der Waals surface area contributed by atoms with Crippen molar-refractivity contribution in [2.75, 3.05) is 17.7 Å². The highest BCUT2D eigenvalue weighted by atomic mass is 35.5. The highest BCUT2D eigenvalue weighted by Crippen LogP contribution is 2.23. The lowest BCUT2D eigenvalue weighted by atomic mass is 10.2. The van der Waals surface area contributed by atoms with Gasteiger partial charge in [-0.1, -0.05) is 29.3 Å². The van der Waals surface area contributed by atoms with Gasteiger partial charge < -0.3 is 10.1 Å². The van der Waals surface area contributed by atoms with Crippen LogP contribution in [0.1, 0.15) is 11.1 Å². The van der Waals surface area contributed by atoms with Gasteiger partial charge in [0.2, 0.25) is 0 Å². The van der Waals surface area contributed by atoms with E-state index in [-0.39, 0.29) is 10.8 Å². The summed E-state index contributed by atoms with van der Waals surface area (Å²) in [6.07, 6.45) is 0. The van der Waals surface area contributed by atoms with E-state index in [1.807, 2.05) is 32.0 Å². The van der Waals surface area contributed by atoms with Crippen molar-refractivity contribution in [2.24, 2.45) is 0 Å². The summed E-state index contributed by atoms with van der Waals surface area (Å²) < 4.78 is 18.0. The zero-order valence-corrected chi connectivity index (χ0v) is 15.3. The highest BCUT2D eigenvalue weighted by Gasteiger charge is 2.10. The molecule has 2 aromatic rings. The molecule has 7 heteroatoms. The summed E-state index contributed by atoms with van der Waals surface area (Å²) in [5, 5.41) is 2.38. The van der Waals surface area contributed by atoms with Crippen LogP contribution in [0.15, 0.2) is 41.3 Å². The van der Waals surface area contributed by atoms with Crippen molar-refractivity contribution in [3.05, 3.63) is 58.4 Å². The Bertz CT molecular complexity index is 798. The number of benzene rings is 2. The van der Waals surface area contributed by atoms with Gasteiger partial charge in [0.1, 0.15) is 5.82 Å². The maximum atomic E-state index is 13.0. The number of carbonyl (C=O) groups is 2. The van der Waals surface area contributed by atoms with Crippen LogP contribution >= 0.6 is 23.4 Å². The standard InChI is InChI=1S/C18H17ClFNO3S/c1-11-3-6-16(12(2)7-11)25-10-18(23)24-9-17(22)21-13-4-5-15(20)14(19)8-13/h3-8H,9-10H2,1-2H3,(H,21,22). The second-order valence-corrected chi connectivity index (χ2v) is 6.82. The van der Waals surface area contributed by atoms with Crippen LogP contribution < -0.4 is 5.32 Å². The van der Waals surface area contributed by atoms with E-state index >= 15 is 0 Å². The number of amides is 1. The molecule has 0 saturated carbocycles. The average molecular weight is 382 g/mol. The number of hydrogen-bond acceptors (Lipinski definition) is 4. The minimum atomic E-state index is -0.575. The molecule has 4 nitrogen and oxygen atoms in total. The van der Waals surface area contributed by atoms with Gasteiger partial charge in [-0.2, -0.15) is 0 Å². The van der Waals surface area contributed by atoms with Crippen molar-refractivity contribution in [1.29, 1.82) is 0 Å². The molecule has 0 radical (unpaired) electrons. The molecule has 1 N–H and O–H groups in total. The molecule has 0 atom stereocenters. The Balaban J connectivity index is 1.77. The van der Waals surface area contributed by atoms with E-state index in [0.717, 1.165) is 22.1 Å². The molecule has 132 valence electrons. The zero-order chi connectivity index (χ0) is 18.4. The van der Waals surface area contributed by atoms with Crippen LogP contribution in [0.2, 0.25) is 5.02 Å². The van der Waals surface area contributed by atoms with Crippen molar-refractivity contribution >= 4 is 40.9 Å². The Kier molecular flexibility index (Phi) is 6.84. The molecule has 0 bridgehead atoms. The Morgan fingerprint density at radius 3 is 2.64 bits per heavy atom. The van der Waals surface area contributed by atoms with Gasteiger partial charge in [0.25, 0.3) is 5.91 Å². The molecule has 0 saturated heterocycles. The lowest BCUT2D eigenvalue weighted by molar-refractivity contribution is -0.144. The average Bonchev–Trinajstić information content (AvgIpc) is 2.55. The molecule has 25 heavy (non-hydrogen) atoms. The third-order valence-corrected chi connectivity index (χ3v) is 4.68. The number of rotatable bonds is 6. The van der Waals surface area contributed by atoms with Crippen molar-refractivity contribution in [2.45, 2.75) is 18.7 Å². The first-order chi connectivity index (χ1) is 11.8. The molecule has 0 fully saturated rings. The van der Waals surface area contributed by atoms with Crippen molar-refractivity contribution in [3.63, 3.8) is 0 Å². The predicted octanol–water partition coefficient (Wildman–Crippen LogP) is 4.37. The molecule has 0 heterocycles. The second-order valence-electron chi connectivity index (χ2n) is 5.40. The number of thioether (sulfide) groups is 1. The van der Waals surface area contributed by atoms with Crippen LogP contribution in [0, 0.1) is 19.7 Å². The third-order valence-electron chi connectivity index (χ3n) is 3.24. The van der Waals surface area contributed by atoms with E-state index < -0.39 is 24.3 Å². The summed E-state index contributed by atoms with van der Waals surface area (Å²) in [6.45, 7) is 3.56. The Morgan fingerprint density at radius 1 is 1.20 bits per heavy atom.